The van der Waals surface area contributed by atoms with Crippen LogP contribution in [0.2, 0.25) is 0 Å². The van der Waals surface area contributed by atoms with Gasteiger partial charge in [0, 0.05) is 31.6 Å². The Morgan fingerprint density at radius 1 is 1.16 bits per heavy atom. The quantitative estimate of drug-likeness (QED) is 0.452. The predicted octanol–water partition coefficient (Wildman–Crippen LogP) is 5.25. The molecular weight excluding hydrogens is 418 g/mol. The van der Waals surface area contributed by atoms with Crippen LogP contribution in [0.15, 0.2) is 11.2 Å². The summed E-state index contributed by atoms with van der Waals surface area (Å²) in [6.07, 6.45) is 7.45. The van der Waals surface area contributed by atoms with E-state index in [9.17, 15) is 13.6 Å². The van der Waals surface area contributed by atoms with Crippen LogP contribution in [0.5, 0.6) is 0 Å². The maximum Gasteiger partial charge on any atom is 0.280 e. The molecule has 3 fully saturated rings. The van der Waals surface area contributed by atoms with E-state index in [0.717, 1.165) is 44.2 Å². The van der Waals surface area contributed by atoms with Crippen LogP contribution in [-0.4, -0.2) is 46.7 Å². The molecule has 0 radical (unpaired) electrons. The van der Waals surface area contributed by atoms with Crippen molar-refractivity contribution in [3.63, 3.8) is 0 Å². The summed E-state index contributed by atoms with van der Waals surface area (Å²) >= 11 is 1.25. The van der Waals surface area contributed by atoms with Crippen molar-refractivity contribution in [2.24, 2.45) is 29.6 Å². The van der Waals surface area contributed by atoms with Crippen molar-refractivity contribution in [3.8, 4) is 0 Å². The number of anilines is 1. The number of alkyl halides is 2. The van der Waals surface area contributed by atoms with Crippen LogP contribution >= 0.6 is 11.8 Å². The third-order valence-electron chi connectivity index (χ3n) is 7.51. The van der Waals surface area contributed by atoms with E-state index >= 15 is 0 Å². The van der Waals surface area contributed by atoms with Gasteiger partial charge in [-0.25, -0.2) is 18.7 Å². The largest absolute Gasteiger partial charge is 0.370 e. The second-order valence-electron chi connectivity index (χ2n) is 9.61. The maximum absolute atomic E-state index is 13.2. The number of thioether (sulfide) groups is 1. The second-order valence-corrected chi connectivity index (χ2v) is 10.4. The van der Waals surface area contributed by atoms with Gasteiger partial charge in [0.05, 0.1) is 0 Å². The van der Waals surface area contributed by atoms with Gasteiger partial charge in [0.1, 0.15) is 11.5 Å². The summed E-state index contributed by atoms with van der Waals surface area (Å²) in [6, 6.07) is 1.33. The lowest BCUT2D eigenvalue weighted by atomic mass is 9.78. The molecular formula is C23H34F2N4OS. The first kappa shape index (κ1) is 22.7. The lowest BCUT2D eigenvalue weighted by molar-refractivity contribution is -0.139. The fourth-order valence-corrected chi connectivity index (χ4v) is 5.64. The SMILES string of the molecule is CSc1nc(NCC2CN(C(=O)C3CCC(C4CC4)CC3)CCC2C)cc(C(F)F)n1. The highest BCUT2D eigenvalue weighted by atomic mass is 32.2. The lowest BCUT2D eigenvalue weighted by Gasteiger charge is -2.40. The van der Waals surface area contributed by atoms with Crippen LogP contribution in [0.25, 0.3) is 0 Å². The van der Waals surface area contributed by atoms with Crippen molar-refractivity contribution < 1.29 is 13.6 Å². The van der Waals surface area contributed by atoms with Gasteiger partial charge in [-0.1, -0.05) is 18.7 Å². The van der Waals surface area contributed by atoms with Crippen LogP contribution in [0.3, 0.4) is 0 Å². The minimum Gasteiger partial charge on any atom is -0.370 e. The normalized spacial score (nSPS) is 29.3. The molecule has 5 nitrogen and oxygen atoms in total. The third-order valence-corrected chi connectivity index (χ3v) is 8.06. The molecule has 1 N–H and O–H groups in total. The summed E-state index contributed by atoms with van der Waals surface area (Å²) in [6.45, 7) is 4.40. The molecule has 4 rings (SSSR count). The number of hydrogen-bond acceptors (Lipinski definition) is 5. The molecule has 8 heteroatoms. The monoisotopic (exact) mass is 452 g/mol. The van der Waals surface area contributed by atoms with Crippen molar-refractivity contribution in [2.75, 3.05) is 31.2 Å². The number of nitrogens with zero attached hydrogens (tertiary/aromatic N) is 3. The molecule has 3 aliphatic rings. The molecule has 1 aliphatic heterocycles. The topological polar surface area (TPSA) is 58.1 Å². The highest BCUT2D eigenvalue weighted by Crippen LogP contribution is 2.45. The molecule has 0 spiro atoms. The number of aromatic nitrogens is 2. The number of hydrogen-bond donors (Lipinski definition) is 1. The Hall–Kier alpha value is -1.44. The van der Waals surface area contributed by atoms with E-state index in [4.69, 9.17) is 0 Å². The first-order chi connectivity index (χ1) is 14.9. The summed E-state index contributed by atoms with van der Waals surface area (Å²) in [7, 11) is 0. The van der Waals surface area contributed by atoms with Gasteiger partial charge in [0.15, 0.2) is 5.16 Å². The summed E-state index contributed by atoms with van der Waals surface area (Å²) in [5.74, 6) is 3.51. The zero-order valence-corrected chi connectivity index (χ0v) is 19.3. The van der Waals surface area contributed by atoms with Crippen molar-refractivity contribution in [3.05, 3.63) is 11.8 Å². The Balaban J connectivity index is 1.32. The number of piperidine rings is 1. The Labute approximate surface area is 188 Å². The zero-order chi connectivity index (χ0) is 22.0. The smallest absolute Gasteiger partial charge is 0.280 e. The predicted molar refractivity (Wildman–Crippen MR) is 119 cm³/mol. The number of nitrogens with one attached hydrogen (secondary N) is 1. The molecule has 2 aliphatic carbocycles. The standard InChI is InChI=1S/C23H34F2N4OS/c1-14-9-10-29(22(30)17-7-5-16(6-8-17)15-3-4-15)13-18(14)12-26-20-11-19(21(24)25)27-23(28-20)31-2/h11,14-18,21H,3-10,12-13H2,1-2H3,(H,26,27,28). The molecule has 2 heterocycles. The van der Waals surface area contributed by atoms with E-state index in [1.807, 2.05) is 0 Å². The van der Waals surface area contributed by atoms with E-state index in [1.54, 1.807) is 6.26 Å². The Morgan fingerprint density at radius 3 is 2.45 bits per heavy atom. The van der Waals surface area contributed by atoms with Crippen LogP contribution in [0.1, 0.15) is 64.0 Å². The van der Waals surface area contributed by atoms with Crippen molar-refractivity contribution >= 4 is 23.5 Å². The molecule has 172 valence electrons. The van der Waals surface area contributed by atoms with Crippen LogP contribution in [-0.2, 0) is 4.79 Å². The average molecular weight is 453 g/mol. The van der Waals surface area contributed by atoms with Gasteiger partial charge < -0.3 is 10.2 Å². The average Bonchev–Trinajstić information content (AvgIpc) is 3.63. The maximum atomic E-state index is 13.2. The highest BCUT2D eigenvalue weighted by molar-refractivity contribution is 7.98. The van der Waals surface area contributed by atoms with Gasteiger partial charge in [-0.3, -0.25) is 4.79 Å². The van der Waals surface area contributed by atoms with Gasteiger partial charge in [-0.05, 0) is 74.9 Å². The summed E-state index contributed by atoms with van der Waals surface area (Å²) in [4.78, 5) is 23.4. The Bertz CT molecular complexity index is 768. The first-order valence-electron chi connectivity index (χ1n) is 11.7. The number of carbonyl (C=O) groups excluding carboxylic acids is 1. The summed E-state index contributed by atoms with van der Waals surface area (Å²) in [5.41, 5.74) is -0.253. The van der Waals surface area contributed by atoms with Crippen molar-refractivity contribution in [1.82, 2.24) is 14.9 Å². The van der Waals surface area contributed by atoms with Gasteiger partial charge in [-0.2, -0.15) is 0 Å². The van der Waals surface area contributed by atoms with Crippen molar-refractivity contribution in [2.45, 2.75) is 63.5 Å². The molecule has 1 saturated heterocycles. The fraction of sp³-hybridized carbons (Fsp3) is 0.783. The molecule has 0 bridgehead atoms. The number of amides is 1. The Morgan fingerprint density at radius 2 is 1.84 bits per heavy atom. The minimum absolute atomic E-state index is 0.191. The molecule has 2 saturated carbocycles. The van der Waals surface area contributed by atoms with Gasteiger partial charge in [-0.15, -0.1) is 0 Å². The van der Waals surface area contributed by atoms with Gasteiger partial charge >= 0.3 is 0 Å². The molecule has 1 aromatic rings. The number of carbonyl (C=O) groups is 1. The third kappa shape index (κ3) is 5.68. The van der Waals surface area contributed by atoms with Crippen LogP contribution < -0.4 is 5.32 Å². The van der Waals surface area contributed by atoms with E-state index in [2.05, 4.69) is 27.1 Å². The lowest BCUT2D eigenvalue weighted by Crippen LogP contribution is -2.47. The van der Waals surface area contributed by atoms with Crippen molar-refractivity contribution in [1.29, 1.82) is 0 Å². The molecule has 31 heavy (non-hydrogen) atoms. The first-order valence-corrected chi connectivity index (χ1v) is 12.9. The summed E-state index contributed by atoms with van der Waals surface area (Å²) in [5, 5.41) is 3.59. The number of rotatable bonds is 7. The highest BCUT2D eigenvalue weighted by Gasteiger charge is 2.38. The van der Waals surface area contributed by atoms with Gasteiger partial charge in [0.25, 0.3) is 6.43 Å². The van der Waals surface area contributed by atoms with E-state index in [0.29, 0.717) is 29.3 Å². The number of halogens is 2. The fourth-order valence-electron chi connectivity index (χ4n) is 5.25. The minimum atomic E-state index is -2.62. The molecule has 0 aromatic carbocycles. The van der Waals surface area contributed by atoms with E-state index in [-0.39, 0.29) is 17.5 Å². The van der Waals surface area contributed by atoms with E-state index < -0.39 is 6.43 Å². The summed E-state index contributed by atoms with van der Waals surface area (Å²) < 4.78 is 26.3. The van der Waals surface area contributed by atoms with E-state index in [1.165, 1.54) is 43.5 Å². The number of likely N-dealkylation sites (tertiary alicyclic amines) is 1. The molecule has 1 aromatic heterocycles. The zero-order valence-electron chi connectivity index (χ0n) is 18.5. The molecule has 2 atom stereocenters. The molecule has 1 amide bonds. The van der Waals surface area contributed by atoms with Crippen LogP contribution in [0, 0.1) is 29.6 Å². The Kier molecular flexibility index (Phi) is 7.34. The van der Waals surface area contributed by atoms with Gasteiger partial charge in [0.2, 0.25) is 5.91 Å². The second kappa shape index (κ2) is 10.0. The van der Waals surface area contributed by atoms with Crippen LogP contribution in [0.4, 0.5) is 14.6 Å². The molecule has 2 unspecified atom stereocenters.